The Balaban J connectivity index is 1.56. The van der Waals surface area contributed by atoms with Gasteiger partial charge in [0.25, 0.3) is 0 Å². The van der Waals surface area contributed by atoms with Gasteiger partial charge in [0.05, 0.1) is 25.2 Å². The monoisotopic (exact) mass is 413 g/mol. The van der Waals surface area contributed by atoms with E-state index < -0.39 is 0 Å². The number of thiophene rings is 1. The van der Waals surface area contributed by atoms with Gasteiger partial charge in [-0.2, -0.15) is 5.10 Å². The summed E-state index contributed by atoms with van der Waals surface area (Å²) < 4.78 is 2.06. The van der Waals surface area contributed by atoms with Crippen molar-refractivity contribution in [2.75, 3.05) is 0 Å². The molecule has 1 N–H and O–H groups in total. The summed E-state index contributed by atoms with van der Waals surface area (Å²) >= 11 is 7.75. The van der Waals surface area contributed by atoms with Crippen LogP contribution in [0.4, 0.5) is 0 Å². The molecule has 1 aromatic carbocycles. The van der Waals surface area contributed by atoms with Crippen LogP contribution in [0.3, 0.4) is 0 Å². The third kappa shape index (κ3) is 4.31. The number of hydrogen-bond acceptors (Lipinski definition) is 3. The Bertz CT molecular complexity index is 978. The molecule has 0 saturated heterocycles. The minimum absolute atomic E-state index is 0.000626. The minimum atomic E-state index is -0.000626. The molecule has 1 aliphatic rings. The average Bonchev–Trinajstić information content (AvgIpc) is 3.24. The zero-order valence-electron chi connectivity index (χ0n) is 16.1. The highest BCUT2D eigenvalue weighted by Crippen LogP contribution is 2.41. The van der Waals surface area contributed by atoms with Crippen molar-refractivity contribution in [2.45, 2.75) is 45.7 Å². The van der Waals surface area contributed by atoms with Crippen molar-refractivity contribution in [2.24, 2.45) is 5.41 Å². The molecule has 2 aromatic heterocycles. The maximum Gasteiger partial charge on any atom is 0.225 e. The Morgan fingerprint density at radius 3 is 2.96 bits per heavy atom. The molecule has 0 fully saturated rings. The van der Waals surface area contributed by atoms with Crippen molar-refractivity contribution in [3.8, 4) is 0 Å². The molecule has 0 spiro atoms. The molecule has 0 unspecified atom stereocenters. The zero-order chi connectivity index (χ0) is 19.7. The number of halogens is 1. The van der Waals surface area contributed by atoms with Gasteiger partial charge in [-0.15, -0.1) is 11.3 Å². The zero-order valence-corrected chi connectivity index (χ0v) is 17.7. The van der Waals surface area contributed by atoms with Crippen molar-refractivity contribution in [1.29, 1.82) is 0 Å². The lowest BCUT2D eigenvalue weighted by molar-refractivity contribution is -0.121. The van der Waals surface area contributed by atoms with Gasteiger partial charge < -0.3 is 5.32 Å². The molecule has 6 heteroatoms. The van der Waals surface area contributed by atoms with E-state index in [1.54, 1.807) is 11.3 Å². The molecule has 4 nitrogen and oxygen atoms in total. The first-order valence-electron chi connectivity index (χ1n) is 9.50. The number of rotatable bonds is 5. The lowest BCUT2D eigenvalue weighted by Gasteiger charge is -2.36. The third-order valence-corrected chi connectivity index (χ3v) is 6.34. The average molecular weight is 414 g/mol. The van der Waals surface area contributed by atoms with E-state index in [4.69, 9.17) is 11.6 Å². The molecule has 0 bridgehead atoms. The van der Waals surface area contributed by atoms with Gasteiger partial charge in [0.1, 0.15) is 0 Å². The van der Waals surface area contributed by atoms with Crippen LogP contribution in [0.1, 0.15) is 48.0 Å². The van der Waals surface area contributed by atoms with E-state index in [2.05, 4.69) is 35.0 Å². The topological polar surface area (TPSA) is 46.9 Å². The third-order valence-electron chi connectivity index (χ3n) is 5.23. The number of aromatic nitrogens is 2. The van der Waals surface area contributed by atoms with Gasteiger partial charge in [-0.25, -0.2) is 0 Å². The Hall–Kier alpha value is -2.11. The number of carbonyl (C=O) groups excluding carboxylic acids is 1. The van der Waals surface area contributed by atoms with Gasteiger partial charge in [-0.05, 0) is 47.4 Å². The Morgan fingerprint density at radius 2 is 2.21 bits per heavy atom. The van der Waals surface area contributed by atoms with Gasteiger partial charge in [0.15, 0.2) is 0 Å². The Kier molecular flexibility index (Phi) is 5.30. The highest BCUT2D eigenvalue weighted by molar-refractivity contribution is 7.10. The number of carbonyl (C=O) groups is 1. The van der Waals surface area contributed by atoms with Gasteiger partial charge >= 0.3 is 0 Å². The lowest BCUT2D eigenvalue weighted by atomic mass is 9.74. The molecular weight excluding hydrogens is 390 g/mol. The van der Waals surface area contributed by atoms with Crippen molar-refractivity contribution >= 4 is 28.8 Å². The quantitative estimate of drug-likeness (QED) is 0.638. The molecular formula is C22H24ClN3OS. The summed E-state index contributed by atoms with van der Waals surface area (Å²) in [7, 11) is 0. The van der Waals surface area contributed by atoms with Crippen LogP contribution in [-0.4, -0.2) is 15.7 Å². The van der Waals surface area contributed by atoms with Crippen LogP contribution in [0, 0.1) is 5.41 Å². The molecule has 146 valence electrons. The van der Waals surface area contributed by atoms with Crippen molar-refractivity contribution < 1.29 is 4.79 Å². The highest BCUT2D eigenvalue weighted by Gasteiger charge is 2.35. The van der Waals surface area contributed by atoms with Crippen LogP contribution in [0.2, 0.25) is 5.02 Å². The fraction of sp³-hybridized carbons (Fsp3) is 0.364. The number of benzene rings is 1. The number of fused-ring (bicyclic) bond motifs is 1. The first-order chi connectivity index (χ1) is 13.4. The normalized spacial score (nSPS) is 17.9. The second-order valence-corrected chi connectivity index (χ2v) is 9.72. The second kappa shape index (κ2) is 7.72. The van der Waals surface area contributed by atoms with Crippen LogP contribution in [-0.2, 0) is 24.2 Å². The fourth-order valence-corrected chi connectivity index (χ4v) is 4.90. The maximum absolute atomic E-state index is 12.6. The summed E-state index contributed by atoms with van der Waals surface area (Å²) in [6, 6.07) is 11.9. The van der Waals surface area contributed by atoms with Crippen LogP contribution in [0.5, 0.6) is 0 Å². The van der Waals surface area contributed by atoms with Crippen molar-refractivity contribution in [1.82, 2.24) is 15.1 Å². The molecule has 0 saturated carbocycles. The largest absolute Gasteiger partial charge is 0.349 e. The highest BCUT2D eigenvalue weighted by atomic mass is 35.5. The van der Waals surface area contributed by atoms with E-state index in [1.165, 1.54) is 5.69 Å². The summed E-state index contributed by atoms with van der Waals surface area (Å²) in [6.45, 7) is 5.19. The van der Waals surface area contributed by atoms with Crippen LogP contribution >= 0.6 is 22.9 Å². The van der Waals surface area contributed by atoms with Crippen LogP contribution < -0.4 is 5.32 Å². The first kappa shape index (κ1) is 19.2. The molecule has 1 atom stereocenters. The molecule has 4 rings (SSSR count). The van der Waals surface area contributed by atoms with E-state index in [1.807, 2.05) is 41.9 Å². The van der Waals surface area contributed by atoms with Crippen LogP contribution in [0.25, 0.3) is 0 Å². The van der Waals surface area contributed by atoms with Crippen LogP contribution in [0.15, 0.2) is 48.0 Å². The summed E-state index contributed by atoms with van der Waals surface area (Å²) in [4.78, 5) is 13.7. The predicted molar refractivity (Wildman–Crippen MR) is 114 cm³/mol. The molecule has 28 heavy (non-hydrogen) atoms. The Morgan fingerprint density at radius 1 is 1.36 bits per heavy atom. The molecule has 0 aliphatic heterocycles. The molecule has 1 amide bonds. The fourth-order valence-electron chi connectivity index (χ4n) is 3.99. The molecule has 3 aromatic rings. The first-order valence-corrected chi connectivity index (χ1v) is 10.8. The summed E-state index contributed by atoms with van der Waals surface area (Å²) in [6.07, 6.45) is 4.21. The van der Waals surface area contributed by atoms with E-state index >= 15 is 0 Å². The Labute approximate surface area is 174 Å². The van der Waals surface area contributed by atoms with Crippen molar-refractivity contribution in [3.63, 3.8) is 0 Å². The lowest BCUT2D eigenvalue weighted by Crippen LogP contribution is -2.37. The van der Waals surface area contributed by atoms with Gasteiger partial charge in [-0.3, -0.25) is 9.48 Å². The second-order valence-electron chi connectivity index (χ2n) is 8.26. The SMILES string of the molecule is CC1(C)Cc2c(cnn2Cc2cccc(Cl)c2)[C@@H](NC(=O)Cc2cccs2)C1. The standard InChI is InChI=1S/C22H24ClN3OS/c1-22(2)11-19(25-21(27)10-17-7-4-8-28-17)18-13-24-26(20(18)12-22)14-15-5-3-6-16(23)9-15/h3-9,13,19H,10-12,14H2,1-2H3,(H,25,27)/t19-/m0/s1. The number of nitrogens with one attached hydrogen (secondary N) is 1. The summed E-state index contributed by atoms with van der Waals surface area (Å²) in [5.41, 5.74) is 3.57. The van der Waals surface area contributed by atoms with E-state index in [0.717, 1.165) is 33.9 Å². The van der Waals surface area contributed by atoms with E-state index in [9.17, 15) is 4.79 Å². The maximum atomic E-state index is 12.6. The molecule has 2 heterocycles. The molecule has 0 radical (unpaired) electrons. The predicted octanol–water partition coefficient (Wildman–Crippen LogP) is 5.02. The van der Waals surface area contributed by atoms with Gasteiger partial charge in [0, 0.05) is 21.2 Å². The smallest absolute Gasteiger partial charge is 0.225 e. The van der Waals surface area contributed by atoms with Crippen molar-refractivity contribution in [3.05, 3.63) is 74.7 Å². The summed E-state index contributed by atoms with van der Waals surface area (Å²) in [5.74, 6) is 0.0682. The number of amides is 1. The minimum Gasteiger partial charge on any atom is -0.349 e. The molecule has 1 aliphatic carbocycles. The van der Waals surface area contributed by atoms with E-state index in [-0.39, 0.29) is 17.4 Å². The van der Waals surface area contributed by atoms with Gasteiger partial charge in [0.2, 0.25) is 5.91 Å². The summed E-state index contributed by atoms with van der Waals surface area (Å²) in [5, 5.41) is 10.6. The van der Waals surface area contributed by atoms with E-state index in [0.29, 0.717) is 13.0 Å². The number of nitrogens with zero attached hydrogens (tertiary/aromatic N) is 2. The number of hydrogen-bond donors (Lipinski definition) is 1. The van der Waals surface area contributed by atoms with Gasteiger partial charge in [-0.1, -0.05) is 43.6 Å².